The van der Waals surface area contributed by atoms with E-state index in [-0.39, 0.29) is 70.5 Å². The molecule has 52 heavy (non-hydrogen) atoms. The number of aromatic nitrogens is 3. The van der Waals surface area contributed by atoms with E-state index in [4.69, 9.17) is 9.47 Å². The Morgan fingerprint density at radius 1 is 0.904 bits per heavy atom. The van der Waals surface area contributed by atoms with E-state index in [0.29, 0.717) is 81.5 Å². The van der Waals surface area contributed by atoms with Crippen molar-refractivity contribution in [2.45, 2.75) is 51.4 Å². The normalized spacial score (nSPS) is 21.1. The molecule has 5 aliphatic rings. The van der Waals surface area contributed by atoms with E-state index in [1.807, 2.05) is 13.1 Å². The number of ether oxygens (including phenoxy) is 2. The zero-order valence-electron chi connectivity index (χ0n) is 29.0. The van der Waals surface area contributed by atoms with Crippen LogP contribution in [0.1, 0.15) is 79.9 Å². The van der Waals surface area contributed by atoms with Gasteiger partial charge < -0.3 is 44.4 Å². The molecule has 0 saturated heterocycles. The summed E-state index contributed by atoms with van der Waals surface area (Å²) in [7, 11) is 2.84. The first kappa shape index (κ1) is 30.8. The number of Topliss-reactive ketones (excluding diaryl/α,β-unsaturated/α-hetero) is 2. The van der Waals surface area contributed by atoms with Crippen molar-refractivity contribution in [1.29, 1.82) is 0 Å². The number of amides is 2. The summed E-state index contributed by atoms with van der Waals surface area (Å²) >= 11 is 0. The first-order valence-corrected chi connectivity index (χ1v) is 17.5. The van der Waals surface area contributed by atoms with Crippen molar-refractivity contribution in [3.63, 3.8) is 0 Å². The van der Waals surface area contributed by atoms with Gasteiger partial charge in [0.1, 0.15) is 5.69 Å². The number of methoxy groups -OCH3 is 2. The first-order chi connectivity index (χ1) is 25.0. The van der Waals surface area contributed by atoms with Gasteiger partial charge in [-0.05, 0) is 78.5 Å². The molecular weight excluding hydrogens is 666 g/mol. The molecule has 10 rings (SSSR count). The Balaban J connectivity index is 1.05. The number of rotatable bonds is 5. The van der Waals surface area contributed by atoms with Crippen molar-refractivity contribution in [2.24, 2.45) is 5.92 Å². The largest absolute Gasteiger partial charge is 0.503 e. The molecule has 5 N–H and O–H groups in total. The van der Waals surface area contributed by atoms with Crippen molar-refractivity contribution in [3.8, 4) is 23.0 Å². The minimum atomic E-state index is -0.418. The molecule has 2 unspecified atom stereocenters. The average molecular weight is 702 g/mol. The quantitative estimate of drug-likeness (QED) is 0.154. The summed E-state index contributed by atoms with van der Waals surface area (Å²) in [6.45, 7) is 4.09. The fourth-order valence-electron chi connectivity index (χ4n) is 10.1. The molecule has 13 heteroatoms. The number of aromatic hydroxyl groups is 2. The summed E-state index contributed by atoms with van der Waals surface area (Å²) in [5.74, 6) is -0.670. The standard InChI is InChI=1S/C39H35N5O8/c1-15-14-40-30-26(46)12-23-22(9-17-13-39(17,23)27(15)30)33(47)24-10-20-19-6-8-44(32(19)35(49)36(51-3)28(20)41-24)38(50)25-11-21-18-5-7-43(16(2)45)31(18)34(48)37(52-4)29(21)42-25/h10-11,14,17,40-42,48-49H,5-9,12-13H2,1-4H3. The minimum absolute atomic E-state index is 0.0000179. The van der Waals surface area contributed by atoms with E-state index in [2.05, 4.69) is 15.0 Å². The summed E-state index contributed by atoms with van der Waals surface area (Å²) < 4.78 is 11.2. The van der Waals surface area contributed by atoms with Gasteiger partial charge in [0.05, 0.1) is 48.0 Å². The smallest absolute Gasteiger partial charge is 0.274 e. The molecule has 2 aliphatic heterocycles. The number of nitrogens with one attached hydrogen (secondary N) is 3. The van der Waals surface area contributed by atoms with Crippen LogP contribution in [0.25, 0.3) is 21.8 Å². The molecular formula is C39H35N5O8. The van der Waals surface area contributed by atoms with Gasteiger partial charge in [0.2, 0.25) is 11.7 Å². The Labute approximate surface area is 296 Å². The number of benzene rings is 2. The van der Waals surface area contributed by atoms with Crippen LogP contribution < -0.4 is 19.3 Å². The Morgan fingerprint density at radius 3 is 2.13 bits per heavy atom. The molecule has 2 atom stereocenters. The molecule has 264 valence electrons. The molecule has 5 heterocycles. The van der Waals surface area contributed by atoms with Crippen molar-refractivity contribution in [1.82, 2.24) is 15.0 Å². The lowest BCUT2D eigenvalue weighted by molar-refractivity contribution is -0.116. The molecule has 5 aromatic rings. The molecule has 3 aliphatic carbocycles. The highest BCUT2D eigenvalue weighted by molar-refractivity contribution is 6.17. The number of aryl methyl sites for hydroxylation is 1. The number of hydrogen-bond acceptors (Lipinski definition) is 8. The Hall–Kier alpha value is -5.98. The third kappa shape index (κ3) is 3.62. The van der Waals surface area contributed by atoms with E-state index in [9.17, 15) is 29.4 Å². The zero-order valence-corrected chi connectivity index (χ0v) is 29.0. The summed E-state index contributed by atoms with van der Waals surface area (Å²) in [5, 5.41) is 24.1. The summed E-state index contributed by atoms with van der Waals surface area (Å²) in [6.07, 6.45) is 4.56. The number of allylic oxidation sites excluding steroid dienone is 2. The van der Waals surface area contributed by atoms with Crippen LogP contribution in [0.4, 0.5) is 11.4 Å². The van der Waals surface area contributed by atoms with Crippen LogP contribution in [0.15, 0.2) is 29.5 Å². The third-order valence-electron chi connectivity index (χ3n) is 12.3. The molecule has 13 nitrogen and oxygen atoms in total. The highest BCUT2D eigenvalue weighted by Gasteiger charge is 2.66. The lowest BCUT2D eigenvalue weighted by Gasteiger charge is -2.25. The molecule has 0 bridgehead atoms. The van der Waals surface area contributed by atoms with E-state index < -0.39 is 5.91 Å². The zero-order chi connectivity index (χ0) is 36.1. The number of anilines is 2. The van der Waals surface area contributed by atoms with Crippen molar-refractivity contribution >= 4 is 56.6 Å². The molecule has 3 aromatic heterocycles. The van der Waals surface area contributed by atoms with Gasteiger partial charge in [-0.2, -0.15) is 0 Å². The van der Waals surface area contributed by atoms with Crippen LogP contribution in [-0.4, -0.2) is 75.9 Å². The van der Waals surface area contributed by atoms with Gasteiger partial charge >= 0.3 is 0 Å². The van der Waals surface area contributed by atoms with Gasteiger partial charge in [-0.1, -0.05) is 0 Å². The molecule has 1 spiro atoms. The number of phenolic OH excluding ortho intramolecular Hbond substituents is 2. The minimum Gasteiger partial charge on any atom is -0.503 e. The van der Waals surface area contributed by atoms with Crippen LogP contribution in [0.3, 0.4) is 0 Å². The maximum atomic E-state index is 14.3. The predicted octanol–water partition coefficient (Wildman–Crippen LogP) is 5.25. The number of carbonyl (C=O) groups is 4. The summed E-state index contributed by atoms with van der Waals surface area (Å²) in [5.41, 5.74) is 7.68. The van der Waals surface area contributed by atoms with E-state index in [1.165, 1.54) is 30.9 Å². The number of hydrogen-bond donors (Lipinski definition) is 5. The fourth-order valence-corrected chi connectivity index (χ4v) is 10.1. The van der Waals surface area contributed by atoms with Gasteiger partial charge in [0, 0.05) is 54.4 Å². The fraction of sp³-hybridized carbons (Fsp3) is 0.333. The molecule has 0 radical (unpaired) electrons. The summed E-state index contributed by atoms with van der Waals surface area (Å²) in [4.78, 5) is 66.6. The first-order valence-electron chi connectivity index (χ1n) is 17.5. The van der Waals surface area contributed by atoms with E-state index in [1.54, 1.807) is 12.1 Å². The topological polar surface area (TPSA) is 181 Å². The number of aromatic amines is 3. The Kier molecular flexibility index (Phi) is 5.97. The van der Waals surface area contributed by atoms with Gasteiger partial charge in [-0.15, -0.1) is 0 Å². The lowest BCUT2D eigenvalue weighted by atomic mass is 9.76. The van der Waals surface area contributed by atoms with Gasteiger partial charge in [-0.25, -0.2) is 0 Å². The third-order valence-corrected chi connectivity index (χ3v) is 12.3. The van der Waals surface area contributed by atoms with Gasteiger partial charge in [-0.3, -0.25) is 19.2 Å². The van der Waals surface area contributed by atoms with E-state index in [0.717, 1.165) is 28.7 Å². The number of nitrogens with zero attached hydrogens (tertiary/aromatic N) is 2. The van der Waals surface area contributed by atoms with Gasteiger partial charge in [0.15, 0.2) is 28.8 Å². The SMILES string of the molecule is COc1c(O)c2c(c3cc(C(=O)N4CCc5c4c(O)c(OC)c4[nH]c(C(=O)C6=C7CC(=O)c8[nH]cc(C)c8C78CC8C6)cc54)[nH]c13)CCN2C(C)=O. The number of H-pyrrole nitrogens is 3. The highest BCUT2D eigenvalue weighted by atomic mass is 16.5. The predicted molar refractivity (Wildman–Crippen MR) is 190 cm³/mol. The maximum absolute atomic E-state index is 14.3. The maximum Gasteiger partial charge on any atom is 0.274 e. The average Bonchev–Trinajstić information content (AvgIpc) is 3.85. The van der Waals surface area contributed by atoms with Crippen molar-refractivity contribution in [2.75, 3.05) is 37.1 Å². The Bertz CT molecular complexity index is 2590. The second kappa shape index (κ2) is 10.1. The van der Waals surface area contributed by atoms with Crippen LogP contribution in [0.2, 0.25) is 0 Å². The number of ketones is 2. The van der Waals surface area contributed by atoms with Crippen LogP contribution in [0.5, 0.6) is 23.0 Å². The second-order valence-electron chi connectivity index (χ2n) is 14.7. The molecule has 2 aromatic carbocycles. The van der Waals surface area contributed by atoms with Gasteiger partial charge in [0.25, 0.3) is 5.91 Å². The molecule has 1 saturated carbocycles. The van der Waals surface area contributed by atoms with E-state index >= 15 is 0 Å². The highest BCUT2D eigenvalue weighted by Crippen LogP contribution is 2.70. The number of fused-ring (bicyclic) bond motifs is 7. The molecule has 1 fully saturated rings. The number of phenols is 2. The van der Waals surface area contributed by atoms with Crippen LogP contribution in [0, 0.1) is 12.8 Å². The molecule has 2 amide bonds. The van der Waals surface area contributed by atoms with Crippen LogP contribution >= 0.6 is 0 Å². The lowest BCUT2D eigenvalue weighted by Crippen LogP contribution is -2.29. The Morgan fingerprint density at radius 2 is 1.50 bits per heavy atom. The number of carbonyl (C=O) groups excluding carboxylic acids is 4. The van der Waals surface area contributed by atoms with Crippen molar-refractivity contribution in [3.05, 3.63) is 68.8 Å². The summed E-state index contributed by atoms with van der Waals surface area (Å²) in [6, 6.07) is 3.47. The second-order valence-corrected chi connectivity index (χ2v) is 14.7. The van der Waals surface area contributed by atoms with Crippen LogP contribution in [-0.2, 0) is 23.1 Å². The van der Waals surface area contributed by atoms with Crippen molar-refractivity contribution < 1.29 is 38.9 Å². The monoisotopic (exact) mass is 701 g/mol.